The highest BCUT2D eigenvalue weighted by molar-refractivity contribution is 6.21. The van der Waals surface area contributed by atoms with Gasteiger partial charge >= 0.3 is 5.97 Å². The van der Waals surface area contributed by atoms with E-state index < -0.39 is 17.8 Å². The molecule has 7 nitrogen and oxygen atoms in total. The van der Waals surface area contributed by atoms with Crippen molar-refractivity contribution in [1.29, 1.82) is 0 Å². The summed E-state index contributed by atoms with van der Waals surface area (Å²) < 4.78 is 1.68. The third kappa shape index (κ3) is 2.55. The van der Waals surface area contributed by atoms with Crippen molar-refractivity contribution in [2.45, 2.75) is 0 Å². The van der Waals surface area contributed by atoms with Crippen molar-refractivity contribution in [3.8, 4) is 11.1 Å². The molecular formula is C19H13N3O4. The predicted molar refractivity (Wildman–Crippen MR) is 91.0 cm³/mol. The number of aryl methyl sites for hydroxylation is 1. The molecule has 1 aromatic heterocycles. The van der Waals surface area contributed by atoms with E-state index in [1.165, 1.54) is 12.1 Å². The molecule has 0 fully saturated rings. The molecule has 4 rings (SSSR count). The fourth-order valence-electron chi connectivity index (χ4n) is 2.75. The zero-order valence-corrected chi connectivity index (χ0v) is 13.7. The normalized spacial score (nSPS) is 13.0. The molecule has 2 amide bonds. The molecule has 0 bridgehead atoms. The summed E-state index contributed by atoms with van der Waals surface area (Å²) in [5.74, 6) is -2.07. The van der Waals surface area contributed by atoms with Crippen LogP contribution in [0.25, 0.3) is 11.1 Å². The minimum absolute atomic E-state index is 0.220. The van der Waals surface area contributed by atoms with Crippen molar-refractivity contribution in [3.05, 3.63) is 77.6 Å². The van der Waals surface area contributed by atoms with Crippen LogP contribution in [0.5, 0.6) is 0 Å². The predicted octanol–water partition coefficient (Wildman–Crippen LogP) is 2.46. The Balaban J connectivity index is 1.52. The molecule has 0 atom stereocenters. The maximum atomic E-state index is 12.3. The van der Waals surface area contributed by atoms with Gasteiger partial charge in [-0.3, -0.25) is 14.3 Å². The molecule has 1 aliphatic rings. The van der Waals surface area contributed by atoms with E-state index in [2.05, 4.69) is 5.10 Å². The highest BCUT2D eigenvalue weighted by Crippen LogP contribution is 2.24. The second-order valence-corrected chi connectivity index (χ2v) is 5.81. The average Bonchev–Trinajstić information content (AvgIpc) is 3.20. The van der Waals surface area contributed by atoms with Crippen LogP contribution in [0.3, 0.4) is 0 Å². The monoisotopic (exact) mass is 347 g/mol. The summed E-state index contributed by atoms with van der Waals surface area (Å²) in [6, 6.07) is 13.0. The highest BCUT2D eigenvalue weighted by Gasteiger charge is 2.38. The van der Waals surface area contributed by atoms with Crippen LogP contribution in [0.1, 0.15) is 31.1 Å². The first-order chi connectivity index (χ1) is 12.5. The van der Waals surface area contributed by atoms with E-state index in [1.807, 2.05) is 13.2 Å². The van der Waals surface area contributed by atoms with Gasteiger partial charge < -0.3 is 4.84 Å². The summed E-state index contributed by atoms with van der Waals surface area (Å²) in [5, 5.41) is 4.60. The minimum Gasteiger partial charge on any atom is -0.324 e. The summed E-state index contributed by atoms with van der Waals surface area (Å²) in [5.41, 5.74) is 2.46. The largest absolute Gasteiger partial charge is 0.363 e. The summed E-state index contributed by atoms with van der Waals surface area (Å²) >= 11 is 0. The van der Waals surface area contributed by atoms with Gasteiger partial charge in [-0.1, -0.05) is 29.3 Å². The fraction of sp³-hybridized carbons (Fsp3) is 0.0526. The molecule has 1 aliphatic heterocycles. The number of rotatable bonds is 3. The van der Waals surface area contributed by atoms with Gasteiger partial charge in [-0.05, 0) is 29.8 Å². The van der Waals surface area contributed by atoms with Gasteiger partial charge in [0.1, 0.15) is 0 Å². The van der Waals surface area contributed by atoms with Gasteiger partial charge in [-0.2, -0.15) is 5.10 Å². The number of aromatic nitrogens is 2. The Morgan fingerprint density at radius 3 is 2.08 bits per heavy atom. The van der Waals surface area contributed by atoms with E-state index >= 15 is 0 Å². The highest BCUT2D eigenvalue weighted by atomic mass is 16.7. The third-order valence-corrected chi connectivity index (χ3v) is 4.09. The van der Waals surface area contributed by atoms with Crippen LogP contribution >= 0.6 is 0 Å². The number of hydroxylamine groups is 2. The maximum absolute atomic E-state index is 12.3. The average molecular weight is 347 g/mol. The first-order valence-electron chi connectivity index (χ1n) is 7.84. The smallest absolute Gasteiger partial charge is 0.324 e. The Bertz CT molecular complexity index is 1000. The molecule has 2 heterocycles. The second kappa shape index (κ2) is 5.96. The van der Waals surface area contributed by atoms with Gasteiger partial charge in [0.25, 0.3) is 11.8 Å². The first-order valence-corrected chi connectivity index (χ1v) is 7.84. The number of fused-ring (bicyclic) bond motifs is 1. The SMILES string of the molecule is Cn1cc(-c2ccc(C(=O)ON3C(=O)c4ccccc4C3=O)cc2)cn1. The molecule has 0 saturated heterocycles. The number of hydrogen-bond acceptors (Lipinski definition) is 5. The van der Waals surface area contributed by atoms with Crippen LogP contribution in [-0.2, 0) is 11.9 Å². The van der Waals surface area contributed by atoms with Crippen molar-refractivity contribution in [2.24, 2.45) is 7.05 Å². The number of amides is 2. The molecule has 0 unspecified atom stereocenters. The van der Waals surface area contributed by atoms with E-state index in [9.17, 15) is 14.4 Å². The first kappa shape index (κ1) is 15.8. The zero-order chi connectivity index (χ0) is 18.3. The van der Waals surface area contributed by atoms with Crippen LogP contribution in [0.15, 0.2) is 60.9 Å². The summed E-state index contributed by atoms with van der Waals surface area (Å²) in [6.45, 7) is 0. The van der Waals surface area contributed by atoms with Crippen molar-refractivity contribution in [1.82, 2.24) is 14.8 Å². The van der Waals surface area contributed by atoms with Crippen LogP contribution < -0.4 is 0 Å². The van der Waals surface area contributed by atoms with E-state index in [0.717, 1.165) is 11.1 Å². The Labute approximate surface area is 148 Å². The molecule has 7 heteroatoms. The third-order valence-electron chi connectivity index (χ3n) is 4.09. The Morgan fingerprint density at radius 1 is 0.923 bits per heavy atom. The van der Waals surface area contributed by atoms with Crippen LogP contribution in [0.4, 0.5) is 0 Å². The number of imide groups is 1. The van der Waals surface area contributed by atoms with Gasteiger partial charge in [0.15, 0.2) is 0 Å². The van der Waals surface area contributed by atoms with Gasteiger partial charge in [0.05, 0.1) is 22.9 Å². The van der Waals surface area contributed by atoms with Crippen molar-refractivity contribution in [2.75, 3.05) is 0 Å². The van der Waals surface area contributed by atoms with Crippen molar-refractivity contribution in [3.63, 3.8) is 0 Å². The second-order valence-electron chi connectivity index (χ2n) is 5.81. The van der Waals surface area contributed by atoms with Gasteiger partial charge in [-0.25, -0.2) is 4.79 Å². The van der Waals surface area contributed by atoms with Gasteiger partial charge in [0, 0.05) is 18.8 Å². The van der Waals surface area contributed by atoms with Crippen molar-refractivity contribution < 1.29 is 19.2 Å². The fourth-order valence-corrected chi connectivity index (χ4v) is 2.75. The Morgan fingerprint density at radius 2 is 1.54 bits per heavy atom. The number of carbonyl (C=O) groups is 3. The van der Waals surface area contributed by atoms with Crippen LogP contribution in [0, 0.1) is 0 Å². The lowest BCUT2D eigenvalue weighted by Crippen LogP contribution is -2.32. The molecular weight excluding hydrogens is 334 g/mol. The molecule has 128 valence electrons. The van der Waals surface area contributed by atoms with E-state index in [-0.39, 0.29) is 16.7 Å². The molecule has 0 aliphatic carbocycles. The van der Waals surface area contributed by atoms with Crippen molar-refractivity contribution >= 4 is 17.8 Å². The number of benzene rings is 2. The Hall–Kier alpha value is -3.74. The summed E-state index contributed by atoms with van der Waals surface area (Å²) in [6.07, 6.45) is 3.57. The summed E-state index contributed by atoms with van der Waals surface area (Å²) in [4.78, 5) is 41.8. The Kier molecular flexibility index (Phi) is 3.62. The number of nitrogens with zero attached hydrogens (tertiary/aromatic N) is 3. The molecule has 0 spiro atoms. The van der Waals surface area contributed by atoms with Crippen LogP contribution in [0.2, 0.25) is 0 Å². The lowest BCUT2D eigenvalue weighted by atomic mass is 10.1. The quantitative estimate of drug-likeness (QED) is 0.680. The van der Waals surface area contributed by atoms with Crippen LogP contribution in [-0.4, -0.2) is 32.6 Å². The molecule has 0 saturated carbocycles. The topological polar surface area (TPSA) is 81.5 Å². The molecule has 26 heavy (non-hydrogen) atoms. The molecule has 0 N–H and O–H groups in total. The van der Waals surface area contributed by atoms with E-state index in [0.29, 0.717) is 5.06 Å². The zero-order valence-electron chi connectivity index (χ0n) is 13.7. The van der Waals surface area contributed by atoms with E-state index in [4.69, 9.17) is 4.84 Å². The lowest BCUT2D eigenvalue weighted by Gasteiger charge is -2.12. The number of hydrogen-bond donors (Lipinski definition) is 0. The standard InChI is InChI=1S/C19H13N3O4/c1-21-11-14(10-20-21)12-6-8-13(9-7-12)19(25)26-22-17(23)15-4-2-3-5-16(15)18(22)24/h2-11H,1H3. The minimum atomic E-state index is -0.780. The number of carbonyl (C=O) groups excluding carboxylic acids is 3. The molecule has 3 aromatic rings. The van der Waals surface area contributed by atoms with Gasteiger partial charge in [0.2, 0.25) is 0 Å². The summed E-state index contributed by atoms with van der Waals surface area (Å²) in [7, 11) is 1.82. The molecule has 0 radical (unpaired) electrons. The van der Waals surface area contributed by atoms with E-state index in [1.54, 1.807) is 47.3 Å². The van der Waals surface area contributed by atoms with Gasteiger partial charge in [-0.15, -0.1) is 0 Å². The lowest BCUT2D eigenvalue weighted by molar-refractivity contribution is -0.0584. The maximum Gasteiger partial charge on any atom is 0.363 e. The molecule has 2 aromatic carbocycles.